The smallest absolute Gasteiger partial charge is 0.238 e. The summed E-state index contributed by atoms with van der Waals surface area (Å²) in [4.78, 5) is 16.5. The lowest BCUT2D eigenvalue weighted by atomic mass is 10.1. The van der Waals surface area contributed by atoms with Gasteiger partial charge in [0, 0.05) is 24.1 Å². The Hall–Kier alpha value is -4.40. The number of carbonyl (C=O) groups is 1. The molecule has 1 aliphatic heterocycles. The molecule has 0 aliphatic carbocycles. The topological polar surface area (TPSA) is 100 Å². The Kier molecular flexibility index (Phi) is 5.12. The molecule has 2 aromatic heterocycles. The Morgan fingerprint density at radius 2 is 1.91 bits per heavy atom. The molecule has 160 valence electrons. The summed E-state index contributed by atoms with van der Waals surface area (Å²) in [5.74, 6) is 3.66. The highest BCUT2D eigenvalue weighted by atomic mass is 16.7. The van der Waals surface area contributed by atoms with Crippen LogP contribution in [0.25, 0.3) is 5.82 Å². The first-order valence-electron chi connectivity index (χ1n) is 9.94. The Labute approximate surface area is 183 Å². The Morgan fingerprint density at radius 3 is 2.66 bits per heavy atom. The number of ether oxygens (including phenoxy) is 3. The third-order valence-electron chi connectivity index (χ3n) is 4.86. The van der Waals surface area contributed by atoms with Gasteiger partial charge in [-0.15, -0.1) is 10.2 Å². The lowest BCUT2D eigenvalue weighted by molar-refractivity contribution is -0.115. The average Bonchev–Trinajstić information content (AvgIpc) is 3.44. The van der Waals surface area contributed by atoms with E-state index >= 15 is 0 Å². The number of benzene rings is 2. The molecule has 9 heteroatoms. The van der Waals surface area contributed by atoms with E-state index in [-0.39, 0.29) is 19.1 Å². The minimum atomic E-state index is -0.131. The zero-order valence-electron chi connectivity index (χ0n) is 17.2. The number of anilines is 1. The lowest BCUT2D eigenvalue weighted by Crippen LogP contribution is -2.14. The van der Waals surface area contributed by atoms with Crippen LogP contribution in [0.2, 0.25) is 0 Å². The van der Waals surface area contributed by atoms with Crippen molar-refractivity contribution in [3.05, 3.63) is 78.4 Å². The molecular formula is C23H19N5O4. The molecule has 32 heavy (non-hydrogen) atoms. The standard InChI is InChI=1S/C23H19N5O4/c1-15-24-10-11-28(15)21-8-9-23(27-26-21)32-18-5-3-17(4-6-18)25-22(29)13-16-2-7-19-20(12-16)31-14-30-19/h2-12H,13-14H2,1H3,(H,25,29). The highest BCUT2D eigenvalue weighted by molar-refractivity contribution is 5.92. The third-order valence-corrected chi connectivity index (χ3v) is 4.86. The monoisotopic (exact) mass is 429 g/mol. The van der Waals surface area contributed by atoms with Crippen molar-refractivity contribution in [3.8, 4) is 28.9 Å². The van der Waals surface area contributed by atoms with E-state index in [0.29, 0.717) is 34.6 Å². The van der Waals surface area contributed by atoms with Gasteiger partial charge in [0.05, 0.1) is 6.42 Å². The molecular weight excluding hydrogens is 410 g/mol. The van der Waals surface area contributed by atoms with Gasteiger partial charge in [0.15, 0.2) is 17.3 Å². The number of nitrogens with zero attached hydrogens (tertiary/aromatic N) is 4. The summed E-state index contributed by atoms with van der Waals surface area (Å²) in [5, 5.41) is 11.1. The molecule has 0 saturated carbocycles. The molecule has 1 N–H and O–H groups in total. The summed E-state index contributed by atoms with van der Waals surface area (Å²) in [5.41, 5.74) is 1.51. The van der Waals surface area contributed by atoms with Gasteiger partial charge in [0.2, 0.25) is 18.6 Å². The van der Waals surface area contributed by atoms with Crippen molar-refractivity contribution in [2.75, 3.05) is 12.1 Å². The first-order valence-corrected chi connectivity index (χ1v) is 9.94. The van der Waals surface area contributed by atoms with E-state index < -0.39 is 0 Å². The van der Waals surface area contributed by atoms with Crippen LogP contribution in [-0.2, 0) is 11.2 Å². The van der Waals surface area contributed by atoms with Crippen LogP contribution in [0.1, 0.15) is 11.4 Å². The number of hydrogen-bond acceptors (Lipinski definition) is 7. The Balaban J connectivity index is 1.18. The first-order chi connectivity index (χ1) is 15.6. The maximum Gasteiger partial charge on any atom is 0.238 e. The van der Waals surface area contributed by atoms with Gasteiger partial charge in [0.1, 0.15) is 11.6 Å². The molecule has 0 spiro atoms. The molecule has 5 rings (SSSR count). The van der Waals surface area contributed by atoms with Crippen LogP contribution < -0.4 is 19.5 Å². The summed E-state index contributed by atoms with van der Waals surface area (Å²) in [6, 6.07) is 16.1. The predicted molar refractivity (Wildman–Crippen MR) is 115 cm³/mol. The van der Waals surface area contributed by atoms with Crippen molar-refractivity contribution in [2.24, 2.45) is 0 Å². The van der Waals surface area contributed by atoms with E-state index in [0.717, 1.165) is 11.4 Å². The van der Waals surface area contributed by atoms with Gasteiger partial charge in [-0.25, -0.2) is 4.98 Å². The van der Waals surface area contributed by atoms with Crippen molar-refractivity contribution in [1.29, 1.82) is 0 Å². The minimum absolute atomic E-state index is 0.131. The fraction of sp³-hybridized carbons (Fsp3) is 0.130. The van der Waals surface area contributed by atoms with E-state index in [1.54, 1.807) is 36.5 Å². The maximum absolute atomic E-state index is 12.4. The van der Waals surface area contributed by atoms with Crippen LogP contribution in [-0.4, -0.2) is 32.4 Å². The van der Waals surface area contributed by atoms with Gasteiger partial charge in [-0.1, -0.05) is 6.07 Å². The molecule has 0 atom stereocenters. The average molecular weight is 429 g/mol. The zero-order chi connectivity index (χ0) is 21.9. The van der Waals surface area contributed by atoms with Crippen LogP contribution in [0, 0.1) is 6.92 Å². The summed E-state index contributed by atoms with van der Waals surface area (Å²) >= 11 is 0. The molecule has 1 amide bonds. The normalized spacial score (nSPS) is 11.9. The summed E-state index contributed by atoms with van der Waals surface area (Å²) < 4.78 is 18.2. The summed E-state index contributed by atoms with van der Waals surface area (Å²) in [7, 11) is 0. The largest absolute Gasteiger partial charge is 0.454 e. The SMILES string of the molecule is Cc1nccn1-c1ccc(Oc2ccc(NC(=O)Cc3ccc4c(c3)OCO4)cc2)nn1. The zero-order valence-corrected chi connectivity index (χ0v) is 17.2. The molecule has 9 nitrogen and oxygen atoms in total. The number of aryl methyl sites for hydroxylation is 1. The van der Waals surface area contributed by atoms with Crippen LogP contribution in [0.3, 0.4) is 0 Å². The van der Waals surface area contributed by atoms with E-state index in [9.17, 15) is 4.79 Å². The summed E-state index contributed by atoms with van der Waals surface area (Å²) in [6.07, 6.45) is 3.75. The minimum Gasteiger partial charge on any atom is -0.454 e. The predicted octanol–water partition coefficient (Wildman–Crippen LogP) is 3.67. The van der Waals surface area contributed by atoms with Crippen molar-refractivity contribution >= 4 is 11.6 Å². The van der Waals surface area contributed by atoms with Gasteiger partial charge < -0.3 is 19.5 Å². The molecule has 3 heterocycles. The number of rotatable bonds is 6. The Morgan fingerprint density at radius 1 is 1.06 bits per heavy atom. The summed E-state index contributed by atoms with van der Waals surface area (Å²) in [6.45, 7) is 2.10. The number of aromatic nitrogens is 4. The van der Waals surface area contributed by atoms with Crippen molar-refractivity contribution in [2.45, 2.75) is 13.3 Å². The maximum atomic E-state index is 12.4. The van der Waals surface area contributed by atoms with E-state index in [4.69, 9.17) is 14.2 Å². The number of carbonyl (C=O) groups excluding carboxylic acids is 1. The molecule has 4 aromatic rings. The van der Waals surface area contributed by atoms with E-state index in [1.165, 1.54) is 0 Å². The second-order valence-electron chi connectivity index (χ2n) is 7.11. The quantitative estimate of drug-likeness (QED) is 0.499. The molecule has 0 fully saturated rings. The van der Waals surface area contributed by atoms with Gasteiger partial charge in [-0.2, -0.15) is 0 Å². The number of amides is 1. The third kappa shape index (κ3) is 4.22. The number of fused-ring (bicyclic) bond motifs is 1. The molecule has 1 aliphatic rings. The van der Waals surface area contributed by atoms with Gasteiger partial charge in [-0.05, 0) is 55.0 Å². The molecule has 0 saturated heterocycles. The number of imidazole rings is 1. The van der Waals surface area contributed by atoms with Crippen LogP contribution in [0.5, 0.6) is 23.1 Å². The van der Waals surface area contributed by atoms with E-state index in [1.807, 2.05) is 42.0 Å². The van der Waals surface area contributed by atoms with Crippen molar-refractivity contribution < 1.29 is 19.0 Å². The van der Waals surface area contributed by atoms with Crippen LogP contribution in [0.4, 0.5) is 5.69 Å². The fourth-order valence-electron chi connectivity index (χ4n) is 3.28. The lowest BCUT2D eigenvalue weighted by Gasteiger charge is -2.08. The van der Waals surface area contributed by atoms with Crippen LogP contribution in [0.15, 0.2) is 67.0 Å². The molecule has 2 aromatic carbocycles. The van der Waals surface area contributed by atoms with Gasteiger partial charge in [0.25, 0.3) is 0 Å². The van der Waals surface area contributed by atoms with Gasteiger partial charge in [-0.3, -0.25) is 9.36 Å². The highest BCUT2D eigenvalue weighted by Gasteiger charge is 2.14. The second-order valence-corrected chi connectivity index (χ2v) is 7.11. The molecule has 0 bridgehead atoms. The molecule has 0 unspecified atom stereocenters. The highest BCUT2D eigenvalue weighted by Crippen LogP contribution is 2.32. The first kappa shape index (κ1) is 19.6. The Bertz CT molecular complexity index is 1250. The fourth-order valence-corrected chi connectivity index (χ4v) is 3.28. The van der Waals surface area contributed by atoms with Crippen LogP contribution >= 0.6 is 0 Å². The number of nitrogens with one attached hydrogen (secondary N) is 1. The van der Waals surface area contributed by atoms with Crippen molar-refractivity contribution in [3.63, 3.8) is 0 Å². The second kappa shape index (κ2) is 8.38. The van der Waals surface area contributed by atoms with Crippen molar-refractivity contribution in [1.82, 2.24) is 19.7 Å². The molecule has 0 radical (unpaired) electrons. The van der Waals surface area contributed by atoms with E-state index in [2.05, 4.69) is 20.5 Å². The van der Waals surface area contributed by atoms with Gasteiger partial charge >= 0.3 is 0 Å². The number of hydrogen-bond donors (Lipinski definition) is 1.